The van der Waals surface area contributed by atoms with Gasteiger partial charge in [0.25, 0.3) is 11.6 Å². The van der Waals surface area contributed by atoms with Crippen LogP contribution in [0.2, 0.25) is 5.02 Å². The fourth-order valence-electron chi connectivity index (χ4n) is 2.75. The van der Waals surface area contributed by atoms with E-state index >= 15 is 0 Å². The van der Waals surface area contributed by atoms with Crippen molar-refractivity contribution in [3.8, 4) is 0 Å². The van der Waals surface area contributed by atoms with Crippen molar-refractivity contribution in [2.45, 2.75) is 0 Å². The second-order valence-corrected chi connectivity index (χ2v) is 6.04. The highest BCUT2D eigenvalue weighted by Crippen LogP contribution is 2.31. The maximum Gasteiger partial charge on any atom is 0.271 e. The third-order valence-electron chi connectivity index (χ3n) is 4.02. The van der Waals surface area contributed by atoms with Crippen LogP contribution >= 0.6 is 11.6 Å². The minimum absolute atomic E-state index is 0.0756. The van der Waals surface area contributed by atoms with Crippen molar-refractivity contribution in [1.82, 2.24) is 5.32 Å². The Labute approximate surface area is 149 Å². The molecular weight excluding hydrogens is 344 g/mol. The average molecular weight is 361 g/mol. The van der Waals surface area contributed by atoms with Gasteiger partial charge in [0.1, 0.15) is 0 Å². The number of hydrogen-bond acceptors (Lipinski definition) is 5. The second kappa shape index (κ2) is 7.50. The smallest absolute Gasteiger partial charge is 0.271 e. The van der Waals surface area contributed by atoms with E-state index in [1.807, 2.05) is 0 Å². The summed E-state index contributed by atoms with van der Waals surface area (Å²) in [5.74, 6) is -0.400. The monoisotopic (exact) mass is 360 g/mol. The quantitative estimate of drug-likeness (QED) is 0.646. The molecular formula is C17H17ClN4O3. The lowest BCUT2D eigenvalue weighted by Crippen LogP contribution is -2.43. The Hall–Kier alpha value is -2.64. The summed E-state index contributed by atoms with van der Waals surface area (Å²) in [5.41, 5.74) is 1.41. The first-order valence-corrected chi connectivity index (χ1v) is 8.24. The Balaban J connectivity index is 1.94. The van der Waals surface area contributed by atoms with Gasteiger partial charge in [-0.25, -0.2) is 0 Å². The minimum Gasteiger partial charge on any atom is -0.367 e. The fraction of sp³-hybridized carbons (Fsp3) is 0.235. The maximum atomic E-state index is 12.6. The van der Waals surface area contributed by atoms with E-state index in [4.69, 9.17) is 11.6 Å². The molecule has 25 heavy (non-hydrogen) atoms. The molecule has 1 saturated heterocycles. The molecule has 3 rings (SSSR count). The summed E-state index contributed by atoms with van der Waals surface area (Å²) in [7, 11) is 0. The van der Waals surface area contributed by atoms with Gasteiger partial charge in [0, 0.05) is 38.3 Å². The predicted molar refractivity (Wildman–Crippen MR) is 97.6 cm³/mol. The van der Waals surface area contributed by atoms with Gasteiger partial charge in [0.05, 0.1) is 26.9 Å². The third kappa shape index (κ3) is 3.89. The first-order chi connectivity index (χ1) is 12.1. The highest BCUT2D eigenvalue weighted by molar-refractivity contribution is 6.34. The number of piperazine rings is 1. The molecule has 0 bridgehead atoms. The molecule has 0 radical (unpaired) electrons. The number of carbonyl (C=O) groups excluding carboxylic acids is 1. The molecule has 1 heterocycles. The van der Waals surface area contributed by atoms with Crippen LogP contribution in [0.25, 0.3) is 0 Å². The normalized spacial score (nSPS) is 14.2. The van der Waals surface area contributed by atoms with Gasteiger partial charge in [0.15, 0.2) is 0 Å². The topological polar surface area (TPSA) is 87.5 Å². The van der Waals surface area contributed by atoms with Crippen LogP contribution in [0.5, 0.6) is 0 Å². The van der Waals surface area contributed by atoms with E-state index in [1.54, 1.807) is 30.3 Å². The summed E-state index contributed by atoms with van der Waals surface area (Å²) >= 11 is 6.07. The molecule has 0 unspecified atom stereocenters. The maximum absolute atomic E-state index is 12.6. The first-order valence-electron chi connectivity index (χ1n) is 7.86. The average Bonchev–Trinajstić information content (AvgIpc) is 2.62. The van der Waals surface area contributed by atoms with Crippen molar-refractivity contribution in [3.05, 3.63) is 63.2 Å². The molecule has 2 N–H and O–H groups in total. The molecule has 1 fully saturated rings. The largest absolute Gasteiger partial charge is 0.367 e. The van der Waals surface area contributed by atoms with E-state index in [0.29, 0.717) is 16.3 Å². The highest BCUT2D eigenvalue weighted by Gasteiger charge is 2.20. The lowest BCUT2D eigenvalue weighted by molar-refractivity contribution is -0.384. The van der Waals surface area contributed by atoms with E-state index in [2.05, 4.69) is 15.5 Å². The van der Waals surface area contributed by atoms with E-state index in [1.165, 1.54) is 12.1 Å². The van der Waals surface area contributed by atoms with Crippen molar-refractivity contribution in [1.29, 1.82) is 0 Å². The van der Waals surface area contributed by atoms with Crippen molar-refractivity contribution >= 4 is 34.6 Å². The van der Waals surface area contributed by atoms with Crippen LogP contribution in [-0.4, -0.2) is 37.0 Å². The van der Waals surface area contributed by atoms with Crippen LogP contribution in [-0.2, 0) is 0 Å². The van der Waals surface area contributed by atoms with E-state index in [0.717, 1.165) is 31.9 Å². The molecule has 0 aliphatic carbocycles. The van der Waals surface area contributed by atoms with Gasteiger partial charge < -0.3 is 15.5 Å². The molecule has 0 aromatic heterocycles. The number of nitro groups is 1. The van der Waals surface area contributed by atoms with Gasteiger partial charge in [0.2, 0.25) is 0 Å². The molecule has 7 nitrogen and oxygen atoms in total. The van der Waals surface area contributed by atoms with Crippen molar-refractivity contribution < 1.29 is 9.72 Å². The number of amides is 1. The number of rotatable bonds is 4. The van der Waals surface area contributed by atoms with Crippen LogP contribution in [0.1, 0.15) is 10.4 Å². The zero-order valence-corrected chi connectivity index (χ0v) is 14.1. The van der Waals surface area contributed by atoms with Gasteiger partial charge in [-0.2, -0.15) is 0 Å². The van der Waals surface area contributed by atoms with E-state index < -0.39 is 10.8 Å². The minimum atomic E-state index is -0.479. The molecule has 1 amide bonds. The number of anilines is 2. The number of halogens is 1. The summed E-state index contributed by atoms with van der Waals surface area (Å²) in [6.45, 7) is 3.14. The summed E-state index contributed by atoms with van der Waals surface area (Å²) < 4.78 is 0. The van der Waals surface area contributed by atoms with Crippen LogP contribution < -0.4 is 15.5 Å². The first kappa shape index (κ1) is 17.2. The number of non-ortho nitro benzene ring substituents is 1. The molecule has 8 heteroatoms. The molecule has 2 aromatic carbocycles. The lowest BCUT2D eigenvalue weighted by Gasteiger charge is -2.31. The van der Waals surface area contributed by atoms with Gasteiger partial charge in [-0.15, -0.1) is 0 Å². The van der Waals surface area contributed by atoms with Gasteiger partial charge >= 0.3 is 0 Å². The number of nitrogens with one attached hydrogen (secondary N) is 2. The van der Waals surface area contributed by atoms with Crippen molar-refractivity contribution in [2.75, 3.05) is 36.4 Å². The molecule has 0 spiro atoms. The van der Waals surface area contributed by atoms with Crippen LogP contribution in [0.3, 0.4) is 0 Å². The van der Waals surface area contributed by atoms with E-state index in [9.17, 15) is 14.9 Å². The second-order valence-electron chi connectivity index (χ2n) is 5.63. The number of hydrogen-bond donors (Lipinski definition) is 2. The molecule has 0 atom stereocenters. The summed E-state index contributed by atoms with van der Waals surface area (Å²) in [6, 6.07) is 11.2. The Kier molecular flexibility index (Phi) is 5.16. The van der Waals surface area contributed by atoms with Gasteiger partial charge in [-0.05, 0) is 18.2 Å². The number of nitrogens with zero attached hydrogens (tertiary/aromatic N) is 2. The predicted octanol–water partition coefficient (Wildman–Crippen LogP) is 2.91. The van der Waals surface area contributed by atoms with Crippen molar-refractivity contribution in [2.24, 2.45) is 0 Å². The lowest BCUT2D eigenvalue weighted by atomic mass is 10.1. The summed E-state index contributed by atoms with van der Waals surface area (Å²) in [4.78, 5) is 25.3. The SMILES string of the molecule is O=C(Nc1cc([N+](=O)[O-])ccc1N1CCNCC1)c1ccccc1Cl. The number of carbonyl (C=O) groups is 1. The Morgan fingerprint density at radius 2 is 1.92 bits per heavy atom. The van der Waals surface area contributed by atoms with Gasteiger partial charge in [-0.3, -0.25) is 14.9 Å². The molecule has 2 aromatic rings. The standard InChI is InChI=1S/C17H17ClN4O3/c18-14-4-2-1-3-13(14)17(23)20-15-11-12(22(24)25)5-6-16(15)21-9-7-19-8-10-21/h1-6,11,19H,7-10H2,(H,20,23). The number of benzene rings is 2. The van der Waals surface area contributed by atoms with Gasteiger partial charge in [-0.1, -0.05) is 23.7 Å². The molecule has 1 aliphatic heterocycles. The third-order valence-corrected chi connectivity index (χ3v) is 4.34. The van der Waals surface area contributed by atoms with E-state index in [-0.39, 0.29) is 5.69 Å². The Morgan fingerprint density at radius 1 is 1.20 bits per heavy atom. The fourth-order valence-corrected chi connectivity index (χ4v) is 2.98. The van der Waals surface area contributed by atoms with Crippen LogP contribution in [0.4, 0.5) is 17.1 Å². The summed E-state index contributed by atoms with van der Waals surface area (Å²) in [6.07, 6.45) is 0. The van der Waals surface area contributed by atoms with Crippen LogP contribution in [0, 0.1) is 10.1 Å². The van der Waals surface area contributed by atoms with Crippen molar-refractivity contribution in [3.63, 3.8) is 0 Å². The number of nitro benzene ring substituents is 1. The van der Waals surface area contributed by atoms with Crippen LogP contribution in [0.15, 0.2) is 42.5 Å². The zero-order valence-electron chi connectivity index (χ0n) is 13.4. The summed E-state index contributed by atoms with van der Waals surface area (Å²) in [5, 5.41) is 17.4. The molecule has 0 saturated carbocycles. The molecule has 130 valence electrons. The zero-order chi connectivity index (χ0) is 17.8. The Bertz CT molecular complexity index is 806. The Morgan fingerprint density at radius 3 is 2.60 bits per heavy atom. The molecule has 1 aliphatic rings. The highest BCUT2D eigenvalue weighted by atomic mass is 35.5.